The molecule has 1 N–H and O–H groups in total. The standard InChI is InChI=1S/C15H19ClN2O2S/c1-15(2,3)21(20)17-9-11-7-10-8-12(16)5-6-13(10)18(4)14(11)19/h5-8,17H,9H2,1-4H3/t21-/m0/s1. The van der Waals surface area contributed by atoms with E-state index in [0.717, 1.165) is 10.9 Å². The second-order valence-corrected chi connectivity index (χ2v) is 8.43. The van der Waals surface area contributed by atoms with Crippen LogP contribution >= 0.6 is 11.6 Å². The van der Waals surface area contributed by atoms with Gasteiger partial charge in [0.15, 0.2) is 0 Å². The third-order valence-corrected chi connectivity index (χ3v) is 4.96. The van der Waals surface area contributed by atoms with Crippen molar-refractivity contribution in [2.24, 2.45) is 7.05 Å². The first-order valence-electron chi connectivity index (χ1n) is 6.63. The Hall–Kier alpha value is -1.01. The minimum Gasteiger partial charge on any atom is -0.598 e. The molecule has 114 valence electrons. The molecule has 0 spiro atoms. The lowest BCUT2D eigenvalue weighted by molar-refractivity contribution is 0.543. The topological polar surface area (TPSA) is 57.1 Å². The SMILES string of the molecule is Cn1c(=O)c(CN[S@@+]([O-])C(C)(C)C)cc2cc(Cl)ccc21. The molecule has 2 rings (SSSR count). The Morgan fingerprint density at radius 1 is 1.33 bits per heavy atom. The summed E-state index contributed by atoms with van der Waals surface area (Å²) in [4.78, 5) is 12.3. The van der Waals surface area contributed by atoms with Crippen LogP contribution in [0, 0.1) is 0 Å². The van der Waals surface area contributed by atoms with Crippen LogP contribution in [0.25, 0.3) is 10.9 Å². The van der Waals surface area contributed by atoms with E-state index in [-0.39, 0.29) is 16.9 Å². The van der Waals surface area contributed by atoms with Gasteiger partial charge in [0.05, 0.1) is 12.1 Å². The number of fused-ring (bicyclic) bond motifs is 1. The summed E-state index contributed by atoms with van der Waals surface area (Å²) in [5.74, 6) is 0. The van der Waals surface area contributed by atoms with E-state index in [2.05, 4.69) is 4.72 Å². The molecule has 6 heteroatoms. The Balaban J connectivity index is 2.36. The zero-order chi connectivity index (χ0) is 15.8. The monoisotopic (exact) mass is 326 g/mol. The third-order valence-electron chi connectivity index (χ3n) is 3.21. The fourth-order valence-corrected chi connectivity index (χ4v) is 2.91. The van der Waals surface area contributed by atoms with E-state index >= 15 is 0 Å². The molecule has 0 bridgehead atoms. The van der Waals surface area contributed by atoms with Gasteiger partial charge in [-0.3, -0.25) is 4.79 Å². The highest BCUT2D eigenvalue weighted by molar-refractivity contribution is 7.90. The molecule has 0 unspecified atom stereocenters. The number of hydrogen-bond acceptors (Lipinski definition) is 3. The third kappa shape index (κ3) is 3.61. The van der Waals surface area contributed by atoms with Gasteiger partial charge >= 0.3 is 0 Å². The van der Waals surface area contributed by atoms with E-state index in [1.165, 1.54) is 0 Å². The largest absolute Gasteiger partial charge is 0.598 e. The molecule has 0 aliphatic heterocycles. The van der Waals surface area contributed by atoms with Crippen molar-refractivity contribution in [1.29, 1.82) is 0 Å². The molecular formula is C15H19ClN2O2S. The van der Waals surface area contributed by atoms with Crippen molar-refractivity contribution in [1.82, 2.24) is 9.29 Å². The van der Waals surface area contributed by atoms with Crippen LogP contribution in [0.2, 0.25) is 5.02 Å². The first-order valence-corrected chi connectivity index (χ1v) is 8.16. The summed E-state index contributed by atoms with van der Waals surface area (Å²) < 4.78 is 16.2. The molecule has 0 aliphatic rings. The quantitative estimate of drug-likeness (QED) is 0.882. The fourth-order valence-electron chi connectivity index (χ4n) is 2.01. The summed E-state index contributed by atoms with van der Waals surface area (Å²) in [6, 6.07) is 7.20. The number of nitrogens with zero attached hydrogens (tertiary/aromatic N) is 1. The lowest BCUT2D eigenvalue weighted by atomic mass is 10.1. The summed E-state index contributed by atoms with van der Waals surface area (Å²) >= 11 is 4.78. The van der Waals surface area contributed by atoms with Gasteiger partial charge in [-0.2, -0.15) is 0 Å². The number of benzene rings is 1. The Morgan fingerprint density at radius 2 is 2.00 bits per heavy atom. The van der Waals surface area contributed by atoms with Gasteiger partial charge in [0.1, 0.15) is 4.75 Å². The average molecular weight is 327 g/mol. The maximum absolute atomic E-state index is 12.3. The van der Waals surface area contributed by atoms with Crippen molar-refractivity contribution < 1.29 is 4.55 Å². The highest BCUT2D eigenvalue weighted by Crippen LogP contribution is 2.19. The Bertz CT molecular complexity index is 722. The Morgan fingerprint density at radius 3 is 2.62 bits per heavy atom. The molecule has 1 aromatic carbocycles. The molecule has 0 saturated heterocycles. The lowest BCUT2D eigenvalue weighted by Gasteiger charge is -2.23. The van der Waals surface area contributed by atoms with Crippen molar-refractivity contribution >= 4 is 33.9 Å². The smallest absolute Gasteiger partial charge is 0.255 e. The second-order valence-electron chi connectivity index (χ2n) is 5.94. The molecule has 2 aromatic rings. The summed E-state index contributed by atoms with van der Waals surface area (Å²) in [6.07, 6.45) is 0. The minimum absolute atomic E-state index is 0.0942. The van der Waals surface area contributed by atoms with E-state index in [9.17, 15) is 9.35 Å². The molecule has 0 aliphatic carbocycles. The van der Waals surface area contributed by atoms with Crippen LogP contribution < -0.4 is 10.3 Å². The number of hydrogen-bond donors (Lipinski definition) is 1. The van der Waals surface area contributed by atoms with E-state index in [1.54, 1.807) is 23.7 Å². The van der Waals surface area contributed by atoms with E-state index < -0.39 is 11.4 Å². The van der Waals surface area contributed by atoms with Crippen molar-refractivity contribution in [2.45, 2.75) is 32.1 Å². The average Bonchev–Trinajstić information content (AvgIpc) is 2.39. The van der Waals surface area contributed by atoms with Crippen molar-refractivity contribution in [3.8, 4) is 0 Å². The molecule has 0 fully saturated rings. The normalized spacial score (nSPS) is 13.6. The number of nitrogens with one attached hydrogen (secondary N) is 1. The molecule has 0 amide bonds. The molecule has 1 heterocycles. The van der Waals surface area contributed by atoms with Gasteiger partial charge in [0, 0.05) is 34.4 Å². The fraction of sp³-hybridized carbons (Fsp3) is 0.400. The number of aryl methyl sites for hydroxylation is 1. The molecule has 1 atom stereocenters. The predicted octanol–water partition coefficient (Wildman–Crippen LogP) is 2.74. The number of rotatable bonds is 3. The molecule has 4 nitrogen and oxygen atoms in total. The molecule has 0 saturated carbocycles. The van der Waals surface area contributed by atoms with Crippen LogP contribution in [0.3, 0.4) is 0 Å². The van der Waals surface area contributed by atoms with Crippen LogP contribution in [0.15, 0.2) is 29.1 Å². The number of aromatic nitrogens is 1. The highest BCUT2D eigenvalue weighted by Gasteiger charge is 2.26. The second kappa shape index (κ2) is 6.01. The van der Waals surface area contributed by atoms with Gasteiger partial charge in [-0.15, -0.1) is 4.72 Å². The Labute approximate surface area is 132 Å². The van der Waals surface area contributed by atoms with Crippen LogP contribution in [0.4, 0.5) is 0 Å². The summed E-state index contributed by atoms with van der Waals surface area (Å²) in [5, 5.41) is 1.52. The Kier molecular flexibility index (Phi) is 4.68. The highest BCUT2D eigenvalue weighted by atomic mass is 35.5. The van der Waals surface area contributed by atoms with Gasteiger partial charge in [-0.05, 0) is 45.0 Å². The molecule has 21 heavy (non-hydrogen) atoms. The zero-order valence-corrected chi connectivity index (χ0v) is 14.1. The van der Waals surface area contributed by atoms with Crippen LogP contribution in [-0.2, 0) is 25.0 Å². The number of halogens is 1. The van der Waals surface area contributed by atoms with E-state index in [4.69, 9.17) is 11.6 Å². The van der Waals surface area contributed by atoms with E-state index in [1.807, 2.05) is 32.9 Å². The van der Waals surface area contributed by atoms with Gasteiger partial charge in [0.25, 0.3) is 5.56 Å². The molecular weight excluding hydrogens is 308 g/mol. The minimum atomic E-state index is -1.22. The van der Waals surface area contributed by atoms with Crippen LogP contribution in [0.1, 0.15) is 26.3 Å². The van der Waals surface area contributed by atoms with Gasteiger partial charge in [-0.1, -0.05) is 11.6 Å². The van der Waals surface area contributed by atoms with Gasteiger partial charge in [-0.25, -0.2) is 0 Å². The molecule has 0 radical (unpaired) electrons. The molecule has 1 aromatic heterocycles. The van der Waals surface area contributed by atoms with Crippen LogP contribution in [-0.4, -0.2) is 13.9 Å². The maximum atomic E-state index is 12.3. The predicted molar refractivity (Wildman–Crippen MR) is 88.9 cm³/mol. The van der Waals surface area contributed by atoms with Gasteiger partial charge < -0.3 is 9.12 Å². The van der Waals surface area contributed by atoms with Crippen LogP contribution in [0.5, 0.6) is 0 Å². The summed E-state index contributed by atoms with van der Waals surface area (Å²) in [6.45, 7) is 5.91. The van der Waals surface area contributed by atoms with E-state index in [0.29, 0.717) is 10.6 Å². The summed E-state index contributed by atoms with van der Waals surface area (Å²) in [7, 11) is 1.72. The first-order chi connectivity index (χ1) is 9.70. The van der Waals surface area contributed by atoms with Crippen molar-refractivity contribution in [3.05, 3.63) is 45.2 Å². The summed E-state index contributed by atoms with van der Waals surface area (Å²) in [5.41, 5.74) is 1.30. The lowest BCUT2D eigenvalue weighted by Crippen LogP contribution is -2.40. The number of pyridine rings is 1. The maximum Gasteiger partial charge on any atom is 0.255 e. The van der Waals surface area contributed by atoms with Crippen molar-refractivity contribution in [2.75, 3.05) is 0 Å². The van der Waals surface area contributed by atoms with Gasteiger partial charge in [0.2, 0.25) is 0 Å². The van der Waals surface area contributed by atoms with Crippen molar-refractivity contribution in [3.63, 3.8) is 0 Å². The zero-order valence-electron chi connectivity index (χ0n) is 12.6. The first kappa shape index (κ1) is 16.4.